The van der Waals surface area contributed by atoms with E-state index in [1.807, 2.05) is 6.92 Å². The van der Waals surface area contributed by atoms with Crippen LogP contribution in [-0.2, 0) is 6.42 Å². The van der Waals surface area contributed by atoms with Gasteiger partial charge in [0.25, 0.3) is 0 Å². The minimum atomic E-state index is -1.19. The number of aromatic nitrogens is 1. The first-order chi connectivity index (χ1) is 8.58. The molecule has 0 fully saturated rings. The third-order valence-electron chi connectivity index (χ3n) is 2.51. The summed E-state index contributed by atoms with van der Waals surface area (Å²) < 4.78 is 39.2. The van der Waals surface area contributed by atoms with E-state index in [0.29, 0.717) is 19.0 Å². The fourth-order valence-corrected chi connectivity index (χ4v) is 2.34. The van der Waals surface area contributed by atoms with Gasteiger partial charge in [-0.25, -0.2) is 18.2 Å². The first-order valence-corrected chi connectivity index (χ1v) is 6.23. The SMILES string of the molecule is Cc1ncsc1CCNc1cc(F)cc(F)c1F. The zero-order chi connectivity index (χ0) is 13.1. The van der Waals surface area contributed by atoms with Crippen molar-refractivity contribution in [1.82, 2.24) is 4.98 Å². The molecular formula is C12H11F3N2S. The van der Waals surface area contributed by atoms with E-state index < -0.39 is 17.5 Å². The lowest BCUT2D eigenvalue weighted by atomic mass is 10.2. The monoisotopic (exact) mass is 272 g/mol. The highest BCUT2D eigenvalue weighted by Gasteiger charge is 2.10. The van der Waals surface area contributed by atoms with E-state index in [9.17, 15) is 13.2 Å². The third-order valence-corrected chi connectivity index (χ3v) is 3.50. The summed E-state index contributed by atoms with van der Waals surface area (Å²) in [6, 6.07) is 1.46. The van der Waals surface area contributed by atoms with Crippen LogP contribution in [0.3, 0.4) is 0 Å². The molecule has 96 valence electrons. The van der Waals surface area contributed by atoms with Gasteiger partial charge in [0.1, 0.15) is 5.82 Å². The van der Waals surface area contributed by atoms with Gasteiger partial charge >= 0.3 is 0 Å². The molecule has 1 aromatic heterocycles. The quantitative estimate of drug-likeness (QED) is 0.861. The summed E-state index contributed by atoms with van der Waals surface area (Å²) in [5.41, 5.74) is 2.50. The topological polar surface area (TPSA) is 24.9 Å². The van der Waals surface area contributed by atoms with Crippen LogP contribution in [0.25, 0.3) is 0 Å². The Balaban J connectivity index is 2.01. The summed E-state index contributed by atoms with van der Waals surface area (Å²) in [6.45, 7) is 2.27. The average molecular weight is 272 g/mol. The molecule has 0 atom stereocenters. The van der Waals surface area contributed by atoms with Crippen LogP contribution in [0.2, 0.25) is 0 Å². The predicted octanol–water partition coefficient (Wildman–Crippen LogP) is 3.52. The maximum atomic E-state index is 13.3. The summed E-state index contributed by atoms with van der Waals surface area (Å²) in [7, 11) is 0. The van der Waals surface area contributed by atoms with Gasteiger partial charge in [0, 0.05) is 30.0 Å². The van der Waals surface area contributed by atoms with Crippen molar-refractivity contribution in [2.75, 3.05) is 11.9 Å². The first-order valence-electron chi connectivity index (χ1n) is 5.35. The van der Waals surface area contributed by atoms with Gasteiger partial charge in [-0.2, -0.15) is 0 Å². The Bertz CT molecular complexity index is 554. The molecule has 0 aliphatic rings. The van der Waals surface area contributed by atoms with Gasteiger partial charge in [-0.3, -0.25) is 0 Å². The lowest BCUT2D eigenvalue weighted by Crippen LogP contribution is -2.07. The lowest BCUT2D eigenvalue weighted by molar-refractivity contribution is 0.497. The first kappa shape index (κ1) is 12.9. The van der Waals surface area contributed by atoms with Crippen molar-refractivity contribution >= 4 is 17.0 Å². The molecule has 6 heteroatoms. The number of thiazole rings is 1. The second-order valence-corrected chi connectivity index (χ2v) is 4.73. The normalized spacial score (nSPS) is 10.7. The summed E-state index contributed by atoms with van der Waals surface area (Å²) >= 11 is 1.50. The fourth-order valence-electron chi connectivity index (χ4n) is 1.56. The van der Waals surface area contributed by atoms with Crippen LogP contribution in [0, 0.1) is 24.4 Å². The second-order valence-electron chi connectivity index (χ2n) is 3.79. The van der Waals surface area contributed by atoms with E-state index in [-0.39, 0.29) is 5.69 Å². The summed E-state index contributed by atoms with van der Waals surface area (Å²) in [4.78, 5) is 5.15. The number of halogens is 3. The highest BCUT2D eigenvalue weighted by Crippen LogP contribution is 2.19. The van der Waals surface area contributed by atoms with Crippen molar-refractivity contribution < 1.29 is 13.2 Å². The van der Waals surface area contributed by atoms with Gasteiger partial charge in [0.2, 0.25) is 0 Å². The molecule has 1 heterocycles. The Hall–Kier alpha value is -1.56. The molecule has 2 nitrogen and oxygen atoms in total. The molecule has 0 amide bonds. The molecule has 0 unspecified atom stereocenters. The summed E-state index contributed by atoms with van der Waals surface area (Å²) in [5.74, 6) is -3.05. The number of aryl methyl sites for hydroxylation is 1. The number of hydrogen-bond acceptors (Lipinski definition) is 3. The van der Waals surface area contributed by atoms with E-state index in [4.69, 9.17) is 0 Å². The van der Waals surface area contributed by atoms with E-state index in [1.165, 1.54) is 11.3 Å². The van der Waals surface area contributed by atoms with Crippen molar-refractivity contribution in [2.45, 2.75) is 13.3 Å². The van der Waals surface area contributed by atoms with Crippen molar-refractivity contribution in [2.24, 2.45) is 0 Å². The summed E-state index contributed by atoms with van der Waals surface area (Å²) in [6.07, 6.45) is 0.633. The van der Waals surface area contributed by atoms with Gasteiger partial charge in [-0.05, 0) is 6.92 Å². The Morgan fingerprint density at radius 3 is 2.72 bits per heavy atom. The van der Waals surface area contributed by atoms with Gasteiger partial charge in [0.05, 0.1) is 16.9 Å². The van der Waals surface area contributed by atoms with Crippen molar-refractivity contribution in [1.29, 1.82) is 0 Å². The Kier molecular flexibility index (Phi) is 3.86. The van der Waals surface area contributed by atoms with Crippen LogP contribution < -0.4 is 5.32 Å². The van der Waals surface area contributed by atoms with Crippen LogP contribution in [-0.4, -0.2) is 11.5 Å². The molecule has 2 rings (SSSR count). The van der Waals surface area contributed by atoms with Crippen molar-refractivity contribution in [3.8, 4) is 0 Å². The molecule has 0 aliphatic heterocycles. The minimum Gasteiger partial charge on any atom is -0.382 e. The number of hydrogen-bond donors (Lipinski definition) is 1. The minimum absolute atomic E-state index is 0.158. The van der Waals surface area contributed by atoms with Crippen LogP contribution in [0.1, 0.15) is 10.6 Å². The van der Waals surface area contributed by atoms with Crippen molar-refractivity contribution in [3.05, 3.63) is 45.7 Å². The van der Waals surface area contributed by atoms with E-state index in [0.717, 1.165) is 16.6 Å². The molecule has 0 spiro atoms. The highest BCUT2D eigenvalue weighted by molar-refractivity contribution is 7.09. The van der Waals surface area contributed by atoms with Crippen molar-refractivity contribution in [3.63, 3.8) is 0 Å². The molecule has 0 radical (unpaired) electrons. The maximum absolute atomic E-state index is 13.3. The molecule has 18 heavy (non-hydrogen) atoms. The smallest absolute Gasteiger partial charge is 0.182 e. The van der Waals surface area contributed by atoms with Gasteiger partial charge in [0.15, 0.2) is 11.6 Å². The Morgan fingerprint density at radius 1 is 1.28 bits per heavy atom. The van der Waals surface area contributed by atoms with Crippen LogP contribution >= 0.6 is 11.3 Å². The van der Waals surface area contributed by atoms with Gasteiger partial charge in [-0.15, -0.1) is 11.3 Å². The standard InChI is InChI=1S/C12H11F3N2S/c1-7-11(18-6-17-7)2-3-16-10-5-8(13)4-9(14)12(10)15/h4-6,16H,2-3H2,1H3. The molecule has 0 saturated carbocycles. The molecule has 2 aromatic rings. The van der Waals surface area contributed by atoms with E-state index >= 15 is 0 Å². The van der Waals surface area contributed by atoms with Crippen LogP contribution in [0.4, 0.5) is 18.9 Å². The van der Waals surface area contributed by atoms with E-state index in [1.54, 1.807) is 5.51 Å². The van der Waals surface area contributed by atoms with E-state index in [2.05, 4.69) is 10.3 Å². The number of anilines is 1. The summed E-state index contributed by atoms with van der Waals surface area (Å²) in [5, 5.41) is 2.68. The zero-order valence-corrected chi connectivity index (χ0v) is 10.5. The number of benzene rings is 1. The number of rotatable bonds is 4. The largest absolute Gasteiger partial charge is 0.382 e. The average Bonchev–Trinajstić information content (AvgIpc) is 2.71. The molecule has 1 N–H and O–H groups in total. The van der Waals surface area contributed by atoms with Gasteiger partial charge in [-0.1, -0.05) is 0 Å². The molecular weight excluding hydrogens is 261 g/mol. The third kappa shape index (κ3) is 2.81. The number of nitrogens with zero attached hydrogens (tertiary/aromatic N) is 1. The number of nitrogens with one attached hydrogen (secondary N) is 1. The fraction of sp³-hybridized carbons (Fsp3) is 0.250. The highest BCUT2D eigenvalue weighted by atomic mass is 32.1. The molecule has 0 aliphatic carbocycles. The molecule has 0 bridgehead atoms. The molecule has 1 aromatic carbocycles. The van der Waals surface area contributed by atoms with Crippen LogP contribution in [0.15, 0.2) is 17.6 Å². The Labute approximate surface area is 106 Å². The zero-order valence-electron chi connectivity index (χ0n) is 9.64. The molecule has 0 saturated heterocycles. The lowest BCUT2D eigenvalue weighted by Gasteiger charge is -2.07. The van der Waals surface area contributed by atoms with Gasteiger partial charge < -0.3 is 5.32 Å². The van der Waals surface area contributed by atoms with Crippen LogP contribution in [0.5, 0.6) is 0 Å². The maximum Gasteiger partial charge on any atom is 0.182 e. The predicted molar refractivity (Wildman–Crippen MR) is 65.4 cm³/mol. The second kappa shape index (κ2) is 5.39. The Morgan fingerprint density at radius 2 is 2.06 bits per heavy atom.